The van der Waals surface area contributed by atoms with Gasteiger partial charge in [-0.1, -0.05) is 26.8 Å². The maximum atomic E-state index is 4.53. The number of anilines is 2. The molecular formula is C17H25N3S. The topological polar surface area (TPSA) is 28.2 Å². The van der Waals surface area contributed by atoms with Crippen LogP contribution in [0.1, 0.15) is 36.2 Å². The van der Waals surface area contributed by atoms with E-state index in [9.17, 15) is 0 Å². The monoisotopic (exact) mass is 303 g/mol. The van der Waals surface area contributed by atoms with Gasteiger partial charge in [-0.2, -0.15) is 0 Å². The SMILES string of the molecule is Cc1ccc(NCc2cnc(C(C)(C)C)s2)cc1N(C)C. The number of thiazole rings is 1. The first-order chi connectivity index (χ1) is 9.77. The summed E-state index contributed by atoms with van der Waals surface area (Å²) in [6, 6.07) is 6.49. The first kappa shape index (κ1) is 15.8. The number of aromatic nitrogens is 1. The zero-order chi connectivity index (χ0) is 15.6. The lowest BCUT2D eigenvalue weighted by atomic mass is 9.98. The maximum Gasteiger partial charge on any atom is 0.0981 e. The number of hydrogen-bond donors (Lipinski definition) is 1. The fourth-order valence-corrected chi connectivity index (χ4v) is 3.04. The Morgan fingerprint density at radius 2 is 1.95 bits per heavy atom. The van der Waals surface area contributed by atoms with Crippen molar-refractivity contribution in [1.29, 1.82) is 0 Å². The molecule has 1 N–H and O–H groups in total. The fraction of sp³-hybridized carbons (Fsp3) is 0.471. The third-order valence-corrected chi connectivity index (χ3v) is 4.78. The van der Waals surface area contributed by atoms with E-state index in [2.05, 4.69) is 75.2 Å². The van der Waals surface area contributed by atoms with Gasteiger partial charge in [-0.15, -0.1) is 11.3 Å². The van der Waals surface area contributed by atoms with Gasteiger partial charge in [0.25, 0.3) is 0 Å². The van der Waals surface area contributed by atoms with E-state index >= 15 is 0 Å². The normalized spacial score (nSPS) is 11.5. The maximum absolute atomic E-state index is 4.53. The van der Waals surface area contributed by atoms with Crippen molar-refractivity contribution in [3.63, 3.8) is 0 Å². The van der Waals surface area contributed by atoms with Crippen molar-refractivity contribution in [1.82, 2.24) is 4.98 Å². The molecule has 0 unspecified atom stereocenters. The van der Waals surface area contributed by atoms with Gasteiger partial charge < -0.3 is 10.2 Å². The highest BCUT2D eigenvalue weighted by Crippen LogP contribution is 2.28. The summed E-state index contributed by atoms with van der Waals surface area (Å²) in [5.41, 5.74) is 3.82. The predicted octanol–water partition coefficient (Wildman–Crippen LogP) is 4.43. The molecule has 0 fully saturated rings. The second kappa shape index (κ2) is 6.06. The second-order valence-corrected chi connectivity index (χ2v) is 7.75. The molecule has 3 nitrogen and oxygen atoms in total. The van der Waals surface area contributed by atoms with Crippen LogP contribution in [0.15, 0.2) is 24.4 Å². The Morgan fingerprint density at radius 3 is 2.52 bits per heavy atom. The van der Waals surface area contributed by atoms with E-state index in [1.165, 1.54) is 21.1 Å². The number of nitrogens with zero attached hydrogens (tertiary/aromatic N) is 2. The standard InChI is InChI=1S/C17H25N3S/c1-12-7-8-13(9-15(12)20(5)6)18-10-14-11-19-16(21-14)17(2,3)4/h7-9,11,18H,10H2,1-6H3. The Morgan fingerprint density at radius 1 is 1.24 bits per heavy atom. The molecule has 0 aliphatic heterocycles. The van der Waals surface area contributed by atoms with E-state index in [0.29, 0.717) is 0 Å². The average molecular weight is 303 g/mol. The zero-order valence-corrected chi connectivity index (χ0v) is 14.6. The highest BCUT2D eigenvalue weighted by Gasteiger charge is 2.17. The Bertz CT molecular complexity index is 609. The lowest BCUT2D eigenvalue weighted by molar-refractivity contribution is 0.585. The van der Waals surface area contributed by atoms with Crippen LogP contribution in [0.5, 0.6) is 0 Å². The summed E-state index contributed by atoms with van der Waals surface area (Å²) in [5.74, 6) is 0. The molecule has 0 amide bonds. The summed E-state index contributed by atoms with van der Waals surface area (Å²) in [6.07, 6.45) is 1.99. The molecule has 0 saturated carbocycles. The second-order valence-electron chi connectivity index (χ2n) is 6.63. The van der Waals surface area contributed by atoms with Gasteiger partial charge in [0.2, 0.25) is 0 Å². The first-order valence-corrected chi connectivity index (χ1v) is 8.06. The molecule has 0 atom stereocenters. The van der Waals surface area contributed by atoms with Crippen molar-refractivity contribution in [3.8, 4) is 0 Å². The van der Waals surface area contributed by atoms with E-state index in [0.717, 1.165) is 12.2 Å². The molecule has 0 spiro atoms. The largest absolute Gasteiger partial charge is 0.380 e. The molecular weight excluding hydrogens is 278 g/mol. The van der Waals surface area contributed by atoms with Gasteiger partial charge in [0.1, 0.15) is 0 Å². The molecule has 1 aromatic heterocycles. The quantitative estimate of drug-likeness (QED) is 0.906. The minimum absolute atomic E-state index is 0.130. The smallest absolute Gasteiger partial charge is 0.0981 e. The van der Waals surface area contributed by atoms with Gasteiger partial charge in [-0.3, -0.25) is 0 Å². The van der Waals surface area contributed by atoms with Crippen molar-refractivity contribution in [2.75, 3.05) is 24.3 Å². The predicted molar refractivity (Wildman–Crippen MR) is 93.6 cm³/mol. The highest BCUT2D eigenvalue weighted by molar-refractivity contribution is 7.11. The van der Waals surface area contributed by atoms with Crippen LogP contribution in [0.2, 0.25) is 0 Å². The van der Waals surface area contributed by atoms with Gasteiger partial charge >= 0.3 is 0 Å². The summed E-state index contributed by atoms with van der Waals surface area (Å²) in [5, 5.41) is 4.68. The van der Waals surface area contributed by atoms with E-state index < -0.39 is 0 Å². The number of rotatable bonds is 4. The van der Waals surface area contributed by atoms with Crippen LogP contribution in [0.25, 0.3) is 0 Å². The van der Waals surface area contributed by atoms with Gasteiger partial charge in [-0.05, 0) is 24.6 Å². The molecule has 1 aromatic carbocycles. The molecule has 0 aliphatic rings. The van der Waals surface area contributed by atoms with Gasteiger partial charge in [-0.25, -0.2) is 4.98 Å². The van der Waals surface area contributed by atoms with Crippen molar-refractivity contribution < 1.29 is 0 Å². The Hall–Kier alpha value is -1.55. The minimum atomic E-state index is 0.130. The number of aryl methyl sites for hydroxylation is 1. The van der Waals surface area contributed by atoms with Gasteiger partial charge in [0, 0.05) is 42.0 Å². The lowest BCUT2D eigenvalue weighted by Gasteiger charge is -2.17. The number of hydrogen-bond acceptors (Lipinski definition) is 4. The Labute approximate surface area is 132 Å². The summed E-state index contributed by atoms with van der Waals surface area (Å²) < 4.78 is 0. The van der Waals surface area contributed by atoms with E-state index in [1.54, 1.807) is 11.3 Å². The third kappa shape index (κ3) is 3.97. The zero-order valence-electron chi connectivity index (χ0n) is 13.8. The Balaban J connectivity index is 2.06. The van der Waals surface area contributed by atoms with Crippen molar-refractivity contribution in [2.24, 2.45) is 0 Å². The third-order valence-electron chi connectivity index (χ3n) is 3.35. The number of nitrogens with one attached hydrogen (secondary N) is 1. The first-order valence-electron chi connectivity index (χ1n) is 7.24. The Kier molecular flexibility index (Phi) is 4.57. The lowest BCUT2D eigenvalue weighted by Crippen LogP contribution is -2.10. The van der Waals surface area contributed by atoms with Crippen molar-refractivity contribution in [3.05, 3.63) is 39.8 Å². The van der Waals surface area contributed by atoms with E-state index in [-0.39, 0.29) is 5.41 Å². The van der Waals surface area contributed by atoms with E-state index in [4.69, 9.17) is 0 Å². The van der Waals surface area contributed by atoms with Gasteiger partial charge in [0.15, 0.2) is 0 Å². The van der Waals surface area contributed by atoms with Crippen molar-refractivity contribution in [2.45, 2.75) is 39.7 Å². The molecule has 2 aromatic rings. The van der Waals surface area contributed by atoms with E-state index in [1.807, 2.05) is 6.20 Å². The fourth-order valence-electron chi connectivity index (χ4n) is 2.13. The molecule has 4 heteroatoms. The average Bonchev–Trinajstić information content (AvgIpc) is 2.86. The molecule has 2 rings (SSSR count). The van der Waals surface area contributed by atoms with Crippen molar-refractivity contribution >= 4 is 22.7 Å². The summed E-state index contributed by atoms with van der Waals surface area (Å²) in [6.45, 7) is 9.56. The highest BCUT2D eigenvalue weighted by atomic mass is 32.1. The van der Waals surface area contributed by atoms with Crippen LogP contribution in [0, 0.1) is 6.92 Å². The summed E-state index contributed by atoms with van der Waals surface area (Å²) in [7, 11) is 4.15. The minimum Gasteiger partial charge on any atom is -0.380 e. The molecule has 114 valence electrons. The van der Waals surface area contributed by atoms with Crippen LogP contribution in [0.3, 0.4) is 0 Å². The van der Waals surface area contributed by atoms with Crippen LogP contribution >= 0.6 is 11.3 Å². The molecule has 0 aliphatic carbocycles. The van der Waals surface area contributed by atoms with Gasteiger partial charge in [0.05, 0.1) is 11.6 Å². The van der Waals surface area contributed by atoms with Crippen LogP contribution in [-0.4, -0.2) is 19.1 Å². The molecule has 1 heterocycles. The van der Waals surface area contributed by atoms with Crippen LogP contribution < -0.4 is 10.2 Å². The molecule has 21 heavy (non-hydrogen) atoms. The van der Waals surface area contributed by atoms with Crippen LogP contribution in [0.4, 0.5) is 11.4 Å². The molecule has 0 radical (unpaired) electrons. The molecule has 0 bridgehead atoms. The summed E-state index contributed by atoms with van der Waals surface area (Å²) >= 11 is 1.79. The summed E-state index contributed by atoms with van der Waals surface area (Å²) in [4.78, 5) is 7.94. The number of benzene rings is 1. The molecule has 0 saturated heterocycles. The van der Waals surface area contributed by atoms with Crippen LogP contribution in [-0.2, 0) is 12.0 Å².